The number of hydrogen-bond acceptors (Lipinski definition) is 1. The number of hydrogen-bond donors (Lipinski definition) is 0. The molecule has 0 fully saturated rings. The van der Waals surface area contributed by atoms with E-state index in [4.69, 9.17) is 4.74 Å². The highest BCUT2D eigenvalue weighted by Gasteiger charge is 2.15. The van der Waals surface area contributed by atoms with E-state index in [1.54, 1.807) is 0 Å². The van der Waals surface area contributed by atoms with Gasteiger partial charge in [0.2, 0.25) is 0 Å². The highest BCUT2D eigenvalue weighted by Crippen LogP contribution is 2.19. The minimum atomic E-state index is 0.204. The number of ether oxygens (including phenoxy) is 1. The Labute approximate surface area is 108 Å². The second-order valence-corrected chi connectivity index (χ2v) is 5.89. The maximum Gasteiger partial charge on any atom is 0.0717 e. The van der Waals surface area contributed by atoms with Crippen molar-refractivity contribution in [3.05, 3.63) is 34.3 Å². The predicted molar refractivity (Wildman–Crippen MR) is 71.4 cm³/mol. The van der Waals surface area contributed by atoms with Gasteiger partial charge in [0, 0.05) is 9.80 Å². The average Bonchev–Trinajstić information content (AvgIpc) is 2.21. The van der Waals surface area contributed by atoms with Gasteiger partial charge in [0.1, 0.15) is 0 Å². The van der Waals surface area contributed by atoms with Crippen LogP contribution in [0.25, 0.3) is 0 Å². The normalized spacial score (nSPS) is 11.7. The molecular formula is C12H16Br2O. The molecule has 0 heterocycles. The molecule has 0 radical (unpaired) electrons. The lowest BCUT2D eigenvalue weighted by molar-refractivity contribution is 0.0625. The third-order valence-corrected chi connectivity index (χ3v) is 4.08. The molecule has 0 atom stereocenters. The lowest BCUT2D eigenvalue weighted by atomic mass is 9.98. The first kappa shape index (κ1) is 13.2. The Morgan fingerprint density at radius 2 is 1.80 bits per heavy atom. The summed E-state index contributed by atoms with van der Waals surface area (Å²) in [5.74, 6) is 0. The van der Waals surface area contributed by atoms with Crippen molar-refractivity contribution in [2.45, 2.75) is 20.5 Å². The van der Waals surface area contributed by atoms with Crippen LogP contribution in [-0.4, -0.2) is 11.9 Å². The molecule has 1 rings (SSSR count). The fourth-order valence-electron chi connectivity index (χ4n) is 1.06. The Bertz CT molecular complexity index is 293. The monoisotopic (exact) mass is 334 g/mol. The maximum absolute atomic E-state index is 5.67. The lowest BCUT2D eigenvalue weighted by Gasteiger charge is -2.21. The summed E-state index contributed by atoms with van der Waals surface area (Å²) in [6.07, 6.45) is 0. The molecule has 3 heteroatoms. The van der Waals surface area contributed by atoms with Gasteiger partial charge >= 0.3 is 0 Å². The van der Waals surface area contributed by atoms with E-state index in [1.165, 1.54) is 5.56 Å². The van der Waals surface area contributed by atoms with Crippen LogP contribution in [0.3, 0.4) is 0 Å². The van der Waals surface area contributed by atoms with Gasteiger partial charge in [0.05, 0.1) is 13.2 Å². The summed E-state index contributed by atoms with van der Waals surface area (Å²) in [4.78, 5) is 0. The Morgan fingerprint density at radius 3 is 2.33 bits per heavy atom. The molecule has 0 bridgehead atoms. The van der Waals surface area contributed by atoms with Crippen molar-refractivity contribution in [3.8, 4) is 0 Å². The molecule has 15 heavy (non-hydrogen) atoms. The Balaban J connectivity index is 2.35. The summed E-state index contributed by atoms with van der Waals surface area (Å²) in [6, 6.07) is 8.22. The molecule has 1 nitrogen and oxygen atoms in total. The van der Waals surface area contributed by atoms with Crippen LogP contribution in [0, 0.1) is 5.41 Å². The minimum Gasteiger partial charge on any atom is -0.376 e. The molecule has 0 saturated heterocycles. The quantitative estimate of drug-likeness (QED) is 0.725. The Morgan fingerprint density at radius 1 is 1.20 bits per heavy atom. The van der Waals surface area contributed by atoms with Gasteiger partial charge in [-0.15, -0.1) is 0 Å². The topological polar surface area (TPSA) is 9.23 Å². The number of benzene rings is 1. The van der Waals surface area contributed by atoms with Crippen LogP contribution in [0.5, 0.6) is 0 Å². The summed E-state index contributed by atoms with van der Waals surface area (Å²) in [6.45, 7) is 5.82. The SMILES string of the molecule is CC(C)(CBr)COCc1ccc(Br)cc1. The van der Waals surface area contributed by atoms with E-state index in [0.29, 0.717) is 6.61 Å². The van der Waals surface area contributed by atoms with E-state index >= 15 is 0 Å². The third kappa shape index (κ3) is 5.14. The number of rotatable bonds is 5. The maximum atomic E-state index is 5.67. The third-order valence-electron chi connectivity index (χ3n) is 2.04. The van der Waals surface area contributed by atoms with E-state index < -0.39 is 0 Å². The second-order valence-electron chi connectivity index (χ2n) is 4.42. The zero-order valence-corrected chi connectivity index (χ0v) is 12.3. The highest BCUT2D eigenvalue weighted by atomic mass is 79.9. The molecular weight excluding hydrogens is 320 g/mol. The van der Waals surface area contributed by atoms with Gasteiger partial charge in [-0.25, -0.2) is 0 Å². The van der Waals surface area contributed by atoms with Crippen LogP contribution in [0.1, 0.15) is 19.4 Å². The van der Waals surface area contributed by atoms with Crippen LogP contribution in [0.2, 0.25) is 0 Å². The van der Waals surface area contributed by atoms with Gasteiger partial charge in [-0.2, -0.15) is 0 Å². The van der Waals surface area contributed by atoms with Crippen LogP contribution in [0.4, 0.5) is 0 Å². The van der Waals surface area contributed by atoms with E-state index in [2.05, 4.69) is 57.8 Å². The molecule has 0 spiro atoms. The molecule has 0 aliphatic carbocycles. The summed E-state index contributed by atoms with van der Waals surface area (Å²) < 4.78 is 6.77. The van der Waals surface area contributed by atoms with Gasteiger partial charge in [0.15, 0.2) is 0 Å². The largest absolute Gasteiger partial charge is 0.376 e. The van der Waals surface area contributed by atoms with Crippen molar-refractivity contribution in [3.63, 3.8) is 0 Å². The van der Waals surface area contributed by atoms with Crippen LogP contribution in [-0.2, 0) is 11.3 Å². The van der Waals surface area contributed by atoms with Gasteiger partial charge in [0.25, 0.3) is 0 Å². The summed E-state index contributed by atoms with van der Waals surface area (Å²) in [7, 11) is 0. The van der Waals surface area contributed by atoms with Crippen molar-refractivity contribution in [2.75, 3.05) is 11.9 Å². The molecule has 0 aliphatic heterocycles. The van der Waals surface area contributed by atoms with Crippen molar-refractivity contribution >= 4 is 31.9 Å². The summed E-state index contributed by atoms with van der Waals surface area (Å²) >= 11 is 6.89. The molecule has 0 aromatic heterocycles. The zero-order valence-electron chi connectivity index (χ0n) is 9.09. The van der Waals surface area contributed by atoms with Gasteiger partial charge < -0.3 is 4.74 Å². The summed E-state index contributed by atoms with van der Waals surface area (Å²) in [5, 5.41) is 0.959. The number of halogens is 2. The Kier molecular flexibility index (Phi) is 5.30. The molecule has 0 N–H and O–H groups in total. The van der Waals surface area contributed by atoms with Crippen LogP contribution in [0.15, 0.2) is 28.7 Å². The van der Waals surface area contributed by atoms with Crippen molar-refractivity contribution in [1.29, 1.82) is 0 Å². The van der Waals surface area contributed by atoms with E-state index in [-0.39, 0.29) is 5.41 Å². The average molecular weight is 336 g/mol. The first-order chi connectivity index (χ1) is 7.03. The van der Waals surface area contributed by atoms with Gasteiger partial charge in [-0.1, -0.05) is 57.8 Å². The Hall–Kier alpha value is 0.140. The minimum absolute atomic E-state index is 0.204. The van der Waals surface area contributed by atoms with Crippen molar-refractivity contribution < 1.29 is 4.74 Å². The second kappa shape index (κ2) is 6.02. The molecule has 0 saturated carbocycles. The van der Waals surface area contributed by atoms with E-state index in [0.717, 1.165) is 16.4 Å². The highest BCUT2D eigenvalue weighted by molar-refractivity contribution is 9.10. The molecule has 1 aromatic carbocycles. The summed E-state index contributed by atoms with van der Waals surface area (Å²) in [5.41, 5.74) is 1.42. The standard InChI is InChI=1S/C12H16Br2O/c1-12(2,8-13)9-15-7-10-3-5-11(14)6-4-10/h3-6H,7-9H2,1-2H3. The van der Waals surface area contributed by atoms with Crippen LogP contribution >= 0.6 is 31.9 Å². The molecule has 84 valence electrons. The van der Waals surface area contributed by atoms with Crippen LogP contribution < -0.4 is 0 Å². The zero-order chi connectivity index (χ0) is 11.3. The fourth-order valence-corrected chi connectivity index (χ4v) is 1.49. The van der Waals surface area contributed by atoms with E-state index in [9.17, 15) is 0 Å². The van der Waals surface area contributed by atoms with Crippen molar-refractivity contribution in [1.82, 2.24) is 0 Å². The first-order valence-corrected chi connectivity index (χ1v) is 6.83. The smallest absolute Gasteiger partial charge is 0.0717 e. The van der Waals surface area contributed by atoms with Gasteiger partial charge in [-0.3, -0.25) is 0 Å². The molecule has 0 unspecified atom stereocenters. The van der Waals surface area contributed by atoms with Crippen molar-refractivity contribution in [2.24, 2.45) is 5.41 Å². The molecule has 0 amide bonds. The number of alkyl halides is 1. The lowest BCUT2D eigenvalue weighted by Crippen LogP contribution is -2.20. The van der Waals surface area contributed by atoms with Gasteiger partial charge in [-0.05, 0) is 23.1 Å². The van der Waals surface area contributed by atoms with E-state index in [1.807, 2.05) is 12.1 Å². The molecule has 1 aromatic rings. The first-order valence-electron chi connectivity index (χ1n) is 4.92. The predicted octanol–water partition coefficient (Wildman–Crippen LogP) is 4.39. The molecule has 0 aliphatic rings. The fraction of sp³-hybridized carbons (Fsp3) is 0.500.